The number of carbonyl (C=O) groups is 1. The molecule has 0 radical (unpaired) electrons. The highest BCUT2D eigenvalue weighted by Crippen LogP contribution is 2.16. The Labute approximate surface area is 76.5 Å². The van der Waals surface area contributed by atoms with Crippen LogP contribution in [0.4, 0.5) is 0 Å². The first-order valence-electron chi connectivity index (χ1n) is 4.29. The largest absolute Gasteiger partial charge is 0.301 e. The summed E-state index contributed by atoms with van der Waals surface area (Å²) >= 11 is 0. The van der Waals surface area contributed by atoms with E-state index in [0.29, 0.717) is 13.0 Å². The Balaban J connectivity index is 2.35. The molecule has 3 nitrogen and oxygen atoms in total. The van der Waals surface area contributed by atoms with Crippen molar-refractivity contribution in [2.75, 3.05) is 0 Å². The number of hydrogen-bond donors (Lipinski definition) is 0. The van der Waals surface area contributed by atoms with Crippen molar-refractivity contribution in [1.29, 1.82) is 0 Å². The molecule has 1 atom stereocenters. The maximum absolute atomic E-state index is 10.6. The zero-order valence-corrected chi connectivity index (χ0v) is 7.18. The molecule has 0 N–H and O–H groups in total. The number of carbonyl (C=O) groups excluding carboxylic acids is 1. The van der Waals surface area contributed by atoms with E-state index in [-0.39, 0.29) is 6.04 Å². The Bertz CT molecular complexity index is 347. The summed E-state index contributed by atoms with van der Waals surface area (Å²) in [6, 6.07) is 7.73. The molecule has 0 amide bonds. The van der Waals surface area contributed by atoms with Crippen molar-refractivity contribution in [3.05, 3.63) is 35.4 Å². The zero-order chi connectivity index (χ0) is 9.10. The van der Waals surface area contributed by atoms with Gasteiger partial charge in [0.2, 0.25) is 0 Å². The third kappa shape index (κ3) is 1.64. The van der Waals surface area contributed by atoms with Crippen LogP contribution in [-0.4, -0.2) is 12.3 Å². The minimum atomic E-state index is -0.288. The van der Waals surface area contributed by atoms with Gasteiger partial charge in [0.15, 0.2) is 0 Å². The quantitative estimate of drug-likeness (QED) is 0.598. The van der Waals surface area contributed by atoms with E-state index in [4.69, 9.17) is 0 Å². The predicted octanol–water partition coefficient (Wildman–Crippen LogP) is 1.76. The van der Waals surface area contributed by atoms with Gasteiger partial charge in [-0.15, -0.1) is 0 Å². The van der Waals surface area contributed by atoms with Gasteiger partial charge in [-0.1, -0.05) is 24.3 Å². The van der Waals surface area contributed by atoms with Gasteiger partial charge >= 0.3 is 0 Å². The van der Waals surface area contributed by atoms with E-state index < -0.39 is 0 Å². The molecule has 0 spiro atoms. The van der Waals surface area contributed by atoms with Crippen LogP contribution >= 0.6 is 0 Å². The smallest absolute Gasteiger partial charge is 0.146 e. The second-order valence-corrected chi connectivity index (χ2v) is 3.09. The number of fused-ring (bicyclic) bond motifs is 1. The van der Waals surface area contributed by atoms with E-state index in [1.807, 2.05) is 24.3 Å². The van der Waals surface area contributed by atoms with Crippen molar-refractivity contribution in [2.45, 2.75) is 19.0 Å². The fourth-order valence-electron chi connectivity index (χ4n) is 1.47. The van der Waals surface area contributed by atoms with Crippen LogP contribution in [0.2, 0.25) is 0 Å². The monoisotopic (exact) mass is 174 g/mol. The zero-order valence-electron chi connectivity index (χ0n) is 7.18. The second-order valence-electron chi connectivity index (χ2n) is 3.09. The van der Waals surface area contributed by atoms with E-state index in [9.17, 15) is 4.79 Å². The van der Waals surface area contributed by atoms with Crippen LogP contribution < -0.4 is 0 Å². The first-order chi connectivity index (χ1) is 6.40. The summed E-state index contributed by atoms with van der Waals surface area (Å²) < 4.78 is 0. The normalized spacial score (nSPS) is 20.5. The summed E-state index contributed by atoms with van der Waals surface area (Å²) in [4.78, 5) is 10.6. The van der Waals surface area contributed by atoms with Gasteiger partial charge < -0.3 is 4.79 Å². The molecule has 1 aromatic carbocycles. The van der Waals surface area contributed by atoms with Gasteiger partial charge in [0.1, 0.15) is 12.3 Å². The molecule has 1 aromatic rings. The summed E-state index contributed by atoms with van der Waals surface area (Å²) in [5.74, 6) is 0. The molecule has 0 saturated heterocycles. The van der Waals surface area contributed by atoms with Crippen molar-refractivity contribution in [3.63, 3.8) is 0 Å². The SMILES string of the molecule is O=CC1Cc2ccccc2CN=N1. The van der Waals surface area contributed by atoms with Gasteiger partial charge in [0.25, 0.3) is 0 Å². The van der Waals surface area contributed by atoms with Crippen molar-refractivity contribution in [3.8, 4) is 0 Å². The maximum Gasteiger partial charge on any atom is 0.146 e. The minimum absolute atomic E-state index is 0.288. The summed E-state index contributed by atoms with van der Waals surface area (Å²) in [6.07, 6.45) is 1.54. The lowest BCUT2D eigenvalue weighted by atomic mass is 10.0. The van der Waals surface area contributed by atoms with Gasteiger partial charge in [0.05, 0.1) is 6.54 Å². The average Bonchev–Trinajstić information content (AvgIpc) is 2.38. The van der Waals surface area contributed by atoms with Gasteiger partial charge in [-0.3, -0.25) is 0 Å². The molecule has 2 rings (SSSR count). The molecule has 1 unspecified atom stereocenters. The number of rotatable bonds is 1. The lowest BCUT2D eigenvalue weighted by Gasteiger charge is -2.03. The van der Waals surface area contributed by atoms with Crippen LogP contribution in [0.1, 0.15) is 11.1 Å². The first-order valence-corrected chi connectivity index (χ1v) is 4.29. The lowest BCUT2D eigenvalue weighted by Crippen LogP contribution is -2.08. The summed E-state index contributed by atoms with van der Waals surface area (Å²) in [7, 11) is 0. The molecule has 0 fully saturated rings. The highest BCUT2D eigenvalue weighted by molar-refractivity contribution is 5.58. The Hall–Kier alpha value is -1.51. The number of hydrogen-bond acceptors (Lipinski definition) is 3. The highest BCUT2D eigenvalue weighted by atomic mass is 16.1. The second kappa shape index (κ2) is 3.47. The number of azo groups is 1. The average molecular weight is 174 g/mol. The Morgan fingerprint density at radius 3 is 2.85 bits per heavy atom. The lowest BCUT2D eigenvalue weighted by molar-refractivity contribution is -0.108. The third-order valence-corrected chi connectivity index (χ3v) is 2.18. The number of nitrogens with zero attached hydrogens (tertiary/aromatic N) is 2. The molecule has 0 bridgehead atoms. The Morgan fingerprint density at radius 2 is 2.08 bits per heavy atom. The van der Waals surface area contributed by atoms with Crippen molar-refractivity contribution in [1.82, 2.24) is 0 Å². The van der Waals surface area contributed by atoms with Crippen LogP contribution in [0.15, 0.2) is 34.5 Å². The molecule has 0 aromatic heterocycles. The van der Waals surface area contributed by atoms with E-state index >= 15 is 0 Å². The van der Waals surface area contributed by atoms with E-state index in [2.05, 4.69) is 10.2 Å². The fraction of sp³-hybridized carbons (Fsp3) is 0.300. The molecule has 0 aliphatic carbocycles. The van der Waals surface area contributed by atoms with E-state index in [0.717, 1.165) is 6.29 Å². The molecule has 0 saturated carbocycles. The highest BCUT2D eigenvalue weighted by Gasteiger charge is 2.12. The molecule has 13 heavy (non-hydrogen) atoms. The first kappa shape index (κ1) is 8.10. The standard InChI is InChI=1S/C10H10N2O/c13-7-10-5-8-3-1-2-4-9(8)6-11-12-10/h1-4,7,10H,5-6H2. The van der Waals surface area contributed by atoms with Gasteiger partial charge in [-0.25, -0.2) is 0 Å². The van der Waals surface area contributed by atoms with Crippen LogP contribution in [0, 0.1) is 0 Å². The fourth-order valence-corrected chi connectivity index (χ4v) is 1.47. The molecular weight excluding hydrogens is 164 g/mol. The molecule has 66 valence electrons. The van der Waals surface area contributed by atoms with Crippen molar-refractivity contribution in [2.24, 2.45) is 10.2 Å². The van der Waals surface area contributed by atoms with Crippen LogP contribution in [0.3, 0.4) is 0 Å². The Kier molecular flexibility index (Phi) is 2.17. The van der Waals surface area contributed by atoms with Gasteiger partial charge in [-0.2, -0.15) is 10.2 Å². The van der Waals surface area contributed by atoms with Crippen LogP contribution in [0.5, 0.6) is 0 Å². The molecule has 1 heterocycles. The van der Waals surface area contributed by atoms with Gasteiger partial charge in [-0.05, 0) is 11.1 Å². The number of aldehydes is 1. The molecule has 1 aliphatic heterocycles. The predicted molar refractivity (Wildman–Crippen MR) is 48.6 cm³/mol. The van der Waals surface area contributed by atoms with Crippen LogP contribution in [0.25, 0.3) is 0 Å². The Morgan fingerprint density at radius 1 is 1.31 bits per heavy atom. The third-order valence-electron chi connectivity index (χ3n) is 2.18. The minimum Gasteiger partial charge on any atom is -0.301 e. The molecular formula is C10H10N2O. The summed E-state index contributed by atoms with van der Waals surface area (Å²) in [5.41, 5.74) is 2.36. The molecule has 3 heteroatoms. The van der Waals surface area contributed by atoms with E-state index in [1.165, 1.54) is 11.1 Å². The summed E-state index contributed by atoms with van der Waals surface area (Å²) in [6.45, 7) is 0.598. The van der Waals surface area contributed by atoms with Gasteiger partial charge in [0, 0.05) is 6.42 Å². The van der Waals surface area contributed by atoms with Crippen molar-refractivity contribution < 1.29 is 4.79 Å². The van der Waals surface area contributed by atoms with Crippen molar-refractivity contribution >= 4 is 6.29 Å². The maximum atomic E-state index is 10.6. The van der Waals surface area contributed by atoms with E-state index in [1.54, 1.807) is 0 Å². The number of benzene rings is 1. The topological polar surface area (TPSA) is 41.8 Å². The molecule has 1 aliphatic rings. The summed E-state index contributed by atoms with van der Waals surface area (Å²) in [5, 5.41) is 7.87. The van der Waals surface area contributed by atoms with Crippen LogP contribution in [-0.2, 0) is 17.8 Å².